The van der Waals surface area contributed by atoms with Crippen LogP contribution in [0.25, 0.3) is 0 Å². The average Bonchev–Trinajstić information content (AvgIpc) is 2.88. The average molecular weight is 476 g/mol. The van der Waals surface area contributed by atoms with E-state index in [1.54, 1.807) is 26.0 Å². The van der Waals surface area contributed by atoms with Crippen LogP contribution in [-0.4, -0.2) is 23.8 Å². The highest BCUT2D eigenvalue weighted by molar-refractivity contribution is 5.99. The highest BCUT2D eigenvalue weighted by Crippen LogP contribution is 2.33. The molecule has 1 saturated heterocycles. The molecule has 1 aliphatic heterocycles. The molecule has 35 heavy (non-hydrogen) atoms. The third-order valence-electron chi connectivity index (χ3n) is 6.29. The van der Waals surface area contributed by atoms with Gasteiger partial charge in [0.05, 0.1) is 5.56 Å². The molecule has 0 amide bonds. The highest BCUT2D eigenvalue weighted by Gasteiger charge is 2.23. The van der Waals surface area contributed by atoms with Gasteiger partial charge in [-0.3, -0.25) is 4.79 Å². The molecule has 0 aromatic heterocycles. The molecule has 6 heteroatoms. The summed E-state index contributed by atoms with van der Waals surface area (Å²) in [5, 5.41) is 10.5. The SMILES string of the molecule is CCC(=O)c1ccc(OCc2cccc(C(OC3CCCCO3)c3cccc(N)c3)c2)c(C)c1O. The minimum Gasteiger partial charge on any atom is -0.507 e. The van der Waals surface area contributed by atoms with Gasteiger partial charge in [-0.25, -0.2) is 0 Å². The minimum absolute atomic E-state index is 0.0225. The molecule has 1 aliphatic rings. The molecule has 3 aromatic carbocycles. The number of phenolic OH excluding ortho intramolecular Hbond substituents is 1. The van der Waals surface area contributed by atoms with Crippen LogP contribution in [0, 0.1) is 6.92 Å². The van der Waals surface area contributed by atoms with Crippen molar-refractivity contribution in [2.24, 2.45) is 0 Å². The van der Waals surface area contributed by atoms with Crippen molar-refractivity contribution in [3.8, 4) is 11.5 Å². The molecule has 0 saturated carbocycles. The first kappa shape index (κ1) is 24.8. The number of rotatable bonds is 9. The number of Topliss-reactive ketones (excluding diaryl/α,β-unsaturated/α-hetero) is 1. The second-order valence-electron chi connectivity index (χ2n) is 8.88. The van der Waals surface area contributed by atoms with Crippen LogP contribution in [-0.2, 0) is 16.1 Å². The van der Waals surface area contributed by atoms with E-state index in [-0.39, 0.29) is 23.9 Å². The Hall–Kier alpha value is -3.35. The maximum Gasteiger partial charge on any atom is 0.166 e. The third kappa shape index (κ3) is 6.02. The van der Waals surface area contributed by atoms with Crippen molar-refractivity contribution in [1.29, 1.82) is 0 Å². The van der Waals surface area contributed by atoms with Crippen molar-refractivity contribution in [2.75, 3.05) is 12.3 Å². The molecular formula is C29H33NO5. The number of phenols is 1. The van der Waals surface area contributed by atoms with Gasteiger partial charge in [-0.15, -0.1) is 0 Å². The molecule has 0 aliphatic carbocycles. The second kappa shape index (κ2) is 11.4. The van der Waals surface area contributed by atoms with Crippen LogP contribution in [0.5, 0.6) is 11.5 Å². The molecule has 6 nitrogen and oxygen atoms in total. The smallest absolute Gasteiger partial charge is 0.166 e. The molecule has 3 aromatic rings. The minimum atomic E-state index is -0.327. The van der Waals surface area contributed by atoms with Crippen molar-refractivity contribution < 1.29 is 24.1 Å². The van der Waals surface area contributed by atoms with Gasteiger partial charge in [0, 0.05) is 24.3 Å². The van der Waals surface area contributed by atoms with Gasteiger partial charge in [-0.2, -0.15) is 0 Å². The highest BCUT2D eigenvalue weighted by atomic mass is 16.7. The van der Waals surface area contributed by atoms with Crippen molar-refractivity contribution in [3.63, 3.8) is 0 Å². The van der Waals surface area contributed by atoms with E-state index < -0.39 is 0 Å². The Labute approximate surface area is 206 Å². The standard InChI is InChI=1S/C29H33NO5/c1-3-25(31)24-13-14-26(19(2)28(24)32)34-18-20-8-6-9-21(16-20)29(22-10-7-11-23(30)17-22)35-27-12-4-5-15-33-27/h6-11,13-14,16-17,27,29,32H,3-5,12,15,18,30H2,1-2H3. The number of benzene rings is 3. The maximum absolute atomic E-state index is 12.0. The lowest BCUT2D eigenvalue weighted by Crippen LogP contribution is -2.25. The molecule has 2 atom stereocenters. The fourth-order valence-electron chi connectivity index (χ4n) is 4.30. The molecule has 0 radical (unpaired) electrons. The molecule has 184 valence electrons. The van der Waals surface area contributed by atoms with E-state index >= 15 is 0 Å². The monoisotopic (exact) mass is 475 g/mol. The predicted molar refractivity (Wildman–Crippen MR) is 136 cm³/mol. The van der Waals surface area contributed by atoms with E-state index in [0.29, 0.717) is 42.2 Å². The Bertz CT molecular complexity index is 1170. The Balaban J connectivity index is 1.55. The summed E-state index contributed by atoms with van der Waals surface area (Å²) in [5.41, 5.74) is 10.5. The van der Waals surface area contributed by atoms with Crippen molar-refractivity contribution >= 4 is 11.5 Å². The number of nitrogens with two attached hydrogens (primary N) is 1. The molecule has 0 spiro atoms. The summed E-state index contributed by atoms with van der Waals surface area (Å²) in [6, 6.07) is 19.1. The summed E-state index contributed by atoms with van der Waals surface area (Å²) < 4.78 is 18.3. The summed E-state index contributed by atoms with van der Waals surface area (Å²) >= 11 is 0. The zero-order chi connectivity index (χ0) is 24.8. The number of nitrogen functional groups attached to an aromatic ring is 1. The van der Waals surface area contributed by atoms with Gasteiger partial charge in [0.2, 0.25) is 0 Å². The fraction of sp³-hybridized carbons (Fsp3) is 0.345. The van der Waals surface area contributed by atoms with Crippen LogP contribution in [0.2, 0.25) is 0 Å². The molecule has 4 rings (SSSR count). The zero-order valence-electron chi connectivity index (χ0n) is 20.3. The Morgan fingerprint density at radius 1 is 1.11 bits per heavy atom. The van der Waals surface area contributed by atoms with E-state index in [2.05, 4.69) is 6.07 Å². The predicted octanol–water partition coefficient (Wildman–Crippen LogP) is 6.09. The fourth-order valence-corrected chi connectivity index (χ4v) is 4.30. The van der Waals surface area contributed by atoms with Crippen LogP contribution >= 0.6 is 0 Å². The lowest BCUT2D eigenvalue weighted by atomic mass is 9.99. The Kier molecular flexibility index (Phi) is 8.06. The van der Waals surface area contributed by atoms with Crippen LogP contribution in [0.3, 0.4) is 0 Å². The van der Waals surface area contributed by atoms with Gasteiger partial charge < -0.3 is 25.1 Å². The number of anilines is 1. The van der Waals surface area contributed by atoms with Gasteiger partial charge >= 0.3 is 0 Å². The van der Waals surface area contributed by atoms with Crippen molar-refractivity contribution in [2.45, 2.75) is 58.5 Å². The van der Waals surface area contributed by atoms with E-state index in [9.17, 15) is 9.90 Å². The van der Waals surface area contributed by atoms with E-state index in [1.807, 2.05) is 42.5 Å². The van der Waals surface area contributed by atoms with Crippen LogP contribution in [0.1, 0.15) is 71.3 Å². The quantitative estimate of drug-likeness (QED) is 0.288. The zero-order valence-corrected chi connectivity index (χ0v) is 20.3. The molecule has 2 unspecified atom stereocenters. The summed E-state index contributed by atoms with van der Waals surface area (Å²) in [7, 11) is 0. The van der Waals surface area contributed by atoms with Gasteiger partial charge in [-0.05, 0) is 73.2 Å². The summed E-state index contributed by atoms with van der Waals surface area (Å²) in [6.45, 7) is 4.53. The second-order valence-corrected chi connectivity index (χ2v) is 8.88. The number of hydrogen-bond donors (Lipinski definition) is 2. The van der Waals surface area contributed by atoms with E-state index in [1.165, 1.54) is 0 Å². The molecular weight excluding hydrogens is 442 g/mol. The Morgan fingerprint density at radius 2 is 1.89 bits per heavy atom. The topological polar surface area (TPSA) is 91.0 Å². The van der Waals surface area contributed by atoms with Crippen LogP contribution in [0.15, 0.2) is 60.7 Å². The number of ketones is 1. The normalized spacial score (nSPS) is 16.6. The van der Waals surface area contributed by atoms with Gasteiger partial charge in [-0.1, -0.05) is 37.3 Å². The van der Waals surface area contributed by atoms with Crippen molar-refractivity contribution in [1.82, 2.24) is 0 Å². The largest absolute Gasteiger partial charge is 0.507 e. The van der Waals surface area contributed by atoms with Crippen LogP contribution in [0.4, 0.5) is 5.69 Å². The first-order valence-corrected chi connectivity index (χ1v) is 12.2. The molecule has 3 N–H and O–H groups in total. The number of carbonyl (C=O) groups is 1. The molecule has 0 bridgehead atoms. The number of hydrogen-bond acceptors (Lipinski definition) is 6. The first-order valence-electron chi connectivity index (χ1n) is 12.2. The lowest BCUT2D eigenvalue weighted by molar-refractivity contribution is -0.181. The number of ether oxygens (including phenoxy) is 3. The maximum atomic E-state index is 12.0. The van der Waals surface area contributed by atoms with Crippen LogP contribution < -0.4 is 10.5 Å². The van der Waals surface area contributed by atoms with E-state index in [4.69, 9.17) is 19.9 Å². The van der Waals surface area contributed by atoms with Gasteiger partial charge in [0.15, 0.2) is 12.1 Å². The lowest BCUT2D eigenvalue weighted by Gasteiger charge is -2.28. The Morgan fingerprint density at radius 3 is 2.60 bits per heavy atom. The van der Waals surface area contributed by atoms with Crippen molar-refractivity contribution in [3.05, 3.63) is 88.5 Å². The van der Waals surface area contributed by atoms with E-state index in [0.717, 1.165) is 36.0 Å². The first-order chi connectivity index (χ1) is 17.0. The molecule has 1 fully saturated rings. The summed E-state index contributed by atoms with van der Waals surface area (Å²) in [6.07, 6.45) is 2.75. The number of aromatic hydroxyl groups is 1. The van der Waals surface area contributed by atoms with Gasteiger partial charge in [0.1, 0.15) is 24.2 Å². The van der Waals surface area contributed by atoms with Gasteiger partial charge in [0.25, 0.3) is 0 Å². The summed E-state index contributed by atoms with van der Waals surface area (Å²) in [4.78, 5) is 12.0. The number of carbonyl (C=O) groups excluding carboxylic acids is 1. The summed E-state index contributed by atoms with van der Waals surface area (Å²) in [5.74, 6) is 0.421. The molecule has 1 heterocycles. The third-order valence-corrected chi connectivity index (χ3v) is 6.29.